The fourth-order valence-electron chi connectivity index (χ4n) is 1.59. The lowest BCUT2D eigenvalue weighted by atomic mass is 10.1. The lowest BCUT2D eigenvalue weighted by Gasteiger charge is -2.28. The summed E-state index contributed by atoms with van der Waals surface area (Å²) >= 11 is 0. The number of halogens is 3. The van der Waals surface area contributed by atoms with Crippen molar-refractivity contribution in [2.75, 3.05) is 7.05 Å². The minimum atomic E-state index is -4.56. The number of carbonyl (C=O) groups excluding carboxylic acids is 2. The number of hydrogen-bond acceptors (Lipinski definition) is 4. The van der Waals surface area contributed by atoms with Gasteiger partial charge in [-0.1, -0.05) is 6.07 Å². The van der Waals surface area contributed by atoms with E-state index in [1.54, 1.807) is 20.8 Å². The molecule has 0 bridgehead atoms. The number of nitrogens with zero attached hydrogens (tertiary/aromatic N) is 2. The van der Waals surface area contributed by atoms with Crippen molar-refractivity contribution in [3.63, 3.8) is 0 Å². The first-order chi connectivity index (χ1) is 9.95. The van der Waals surface area contributed by atoms with Gasteiger partial charge in [0.15, 0.2) is 0 Å². The molecule has 1 aromatic heterocycles. The largest absolute Gasteiger partial charge is 0.444 e. The molecule has 22 heavy (non-hydrogen) atoms. The Morgan fingerprint density at radius 3 is 2.27 bits per heavy atom. The Labute approximate surface area is 126 Å². The van der Waals surface area contributed by atoms with Gasteiger partial charge >= 0.3 is 12.3 Å². The second kappa shape index (κ2) is 6.33. The normalized spacial score (nSPS) is 13.4. The zero-order valence-electron chi connectivity index (χ0n) is 12.6. The predicted octanol–water partition coefficient (Wildman–Crippen LogP) is 3.21. The Kier molecular flexibility index (Phi) is 5.16. The van der Waals surface area contributed by atoms with Gasteiger partial charge in [0, 0.05) is 18.8 Å². The molecule has 0 saturated heterocycles. The van der Waals surface area contributed by atoms with Crippen LogP contribution in [0.2, 0.25) is 0 Å². The maximum atomic E-state index is 12.5. The van der Waals surface area contributed by atoms with E-state index >= 15 is 0 Å². The maximum absolute atomic E-state index is 12.5. The number of aromatic nitrogens is 1. The average molecular weight is 318 g/mol. The Balaban J connectivity index is 2.96. The number of likely N-dealkylation sites (N-methyl/N-ethyl adjacent to an activating group) is 1. The summed E-state index contributed by atoms with van der Waals surface area (Å²) in [4.78, 5) is 27.4. The summed E-state index contributed by atoms with van der Waals surface area (Å²) in [5.41, 5.74) is -1.66. The monoisotopic (exact) mass is 318 g/mol. The zero-order chi connectivity index (χ0) is 17.1. The molecule has 0 fully saturated rings. The van der Waals surface area contributed by atoms with Gasteiger partial charge in [0.2, 0.25) is 0 Å². The number of alkyl halides is 3. The van der Waals surface area contributed by atoms with Gasteiger partial charge in [0.1, 0.15) is 23.6 Å². The third-order valence-corrected chi connectivity index (χ3v) is 2.65. The van der Waals surface area contributed by atoms with Gasteiger partial charge in [-0.2, -0.15) is 13.2 Å². The summed E-state index contributed by atoms with van der Waals surface area (Å²) in [5, 5.41) is 0. The van der Waals surface area contributed by atoms with Crippen LogP contribution in [0.15, 0.2) is 18.3 Å². The molecule has 1 atom stereocenters. The van der Waals surface area contributed by atoms with E-state index in [2.05, 4.69) is 4.98 Å². The number of hydrogen-bond donors (Lipinski definition) is 0. The Hall–Kier alpha value is -2.12. The molecule has 1 rings (SSSR count). The summed E-state index contributed by atoms with van der Waals surface area (Å²) in [5.74, 6) is 0. The lowest BCUT2D eigenvalue weighted by Crippen LogP contribution is -2.37. The van der Waals surface area contributed by atoms with Crippen molar-refractivity contribution in [3.8, 4) is 0 Å². The van der Waals surface area contributed by atoms with Gasteiger partial charge in [-0.05, 0) is 26.8 Å². The fraction of sp³-hybridized carbons (Fsp3) is 0.500. The van der Waals surface area contributed by atoms with Crippen LogP contribution in [0, 0.1) is 0 Å². The fourth-order valence-corrected chi connectivity index (χ4v) is 1.59. The highest BCUT2D eigenvalue weighted by Gasteiger charge is 2.33. The minimum Gasteiger partial charge on any atom is -0.444 e. The van der Waals surface area contributed by atoms with Gasteiger partial charge in [-0.3, -0.25) is 9.88 Å². The van der Waals surface area contributed by atoms with Crippen molar-refractivity contribution in [2.45, 2.75) is 38.6 Å². The topological polar surface area (TPSA) is 59.5 Å². The number of amides is 1. The van der Waals surface area contributed by atoms with Gasteiger partial charge in [-0.25, -0.2) is 4.79 Å². The molecular weight excluding hydrogens is 301 g/mol. The molecule has 122 valence electrons. The van der Waals surface area contributed by atoms with E-state index in [9.17, 15) is 22.8 Å². The van der Waals surface area contributed by atoms with Crippen LogP contribution in [-0.2, 0) is 15.7 Å². The van der Waals surface area contributed by atoms with E-state index in [-0.39, 0.29) is 5.56 Å². The molecule has 0 aliphatic carbocycles. The van der Waals surface area contributed by atoms with Crippen molar-refractivity contribution in [1.82, 2.24) is 9.88 Å². The molecule has 0 aliphatic rings. The first kappa shape index (κ1) is 17.9. The molecule has 0 aromatic carbocycles. The standard InChI is InChI=1S/C14H17F3N2O3/c1-13(2,3)22-12(21)19(4)10(8-20)9-5-6-11(18-7-9)14(15,16)17/h5-8,10H,1-4H3. The smallest absolute Gasteiger partial charge is 0.433 e. The molecule has 1 heterocycles. The highest BCUT2D eigenvalue weighted by molar-refractivity contribution is 5.74. The van der Waals surface area contributed by atoms with Crippen molar-refractivity contribution in [2.24, 2.45) is 0 Å². The molecule has 0 radical (unpaired) electrons. The van der Waals surface area contributed by atoms with Crippen LogP contribution in [0.25, 0.3) is 0 Å². The van der Waals surface area contributed by atoms with Crippen LogP contribution in [0.3, 0.4) is 0 Å². The summed E-state index contributed by atoms with van der Waals surface area (Å²) in [7, 11) is 1.32. The molecule has 5 nitrogen and oxygen atoms in total. The van der Waals surface area contributed by atoms with Crippen molar-refractivity contribution < 1.29 is 27.5 Å². The van der Waals surface area contributed by atoms with Gasteiger partial charge < -0.3 is 9.53 Å². The highest BCUT2D eigenvalue weighted by Crippen LogP contribution is 2.28. The molecule has 8 heteroatoms. The first-order valence-electron chi connectivity index (χ1n) is 6.40. The van der Waals surface area contributed by atoms with Gasteiger partial charge in [0.25, 0.3) is 0 Å². The second-order valence-corrected chi connectivity index (χ2v) is 5.65. The van der Waals surface area contributed by atoms with Crippen LogP contribution in [0.5, 0.6) is 0 Å². The van der Waals surface area contributed by atoms with Crippen LogP contribution >= 0.6 is 0 Å². The van der Waals surface area contributed by atoms with E-state index in [4.69, 9.17) is 4.74 Å². The third kappa shape index (κ3) is 4.71. The maximum Gasteiger partial charge on any atom is 0.433 e. The zero-order valence-corrected chi connectivity index (χ0v) is 12.6. The number of rotatable bonds is 3. The van der Waals surface area contributed by atoms with E-state index in [1.807, 2.05) is 0 Å². The van der Waals surface area contributed by atoms with Crippen molar-refractivity contribution >= 4 is 12.4 Å². The number of aldehydes is 1. The first-order valence-corrected chi connectivity index (χ1v) is 6.40. The van der Waals surface area contributed by atoms with Crippen LogP contribution < -0.4 is 0 Å². The van der Waals surface area contributed by atoms with Crippen LogP contribution in [-0.4, -0.2) is 34.9 Å². The number of pyridine rings is 1. The van der Waals surface area contributed by atoms with Gasteiger partial charge in [-0.15, -0.1) is 0 Å². The Morgan fingerprint density at radius 1 is 1.32 bits per heavy atom. The lowest BCUT2D eigenvalue weighted by molar-refractivity contribution is -0.141. The summed E-state index contributed by atoms with van der Waals surface area (Å²) in [6, 6.07) is 0.787. The van der Waals surface area contributed by atoms with E-state index in [0.717, 1.165) is 23.2 Å². The molecule has 0 spiro atoms. The molecule has 0 aliphatic heterocycles. The summed E-state index contributed by atoms with van der Waals surface area (Å²) < 4.78 is 42.5. The highest BCUT2D eigenvalue weighted by atomic mass is 19.4. The van der Waals surface area contributed by atoms with Crippen molar-refractivity contribution in [3.05, 3.63) is 29.6 Å². The minimum absolute atomic E-state index is 0.163. The molecule has 0 N–H and O–H groups in total. The Bertz CT molecular complexity index is 536. The van der Waals surface area contributed by atoms with E-state index < -0.39 is 29.6 Å². The third-order valence-electron chi connectivity index (χ3n) is 2.65. The SMILES string of the molecule is CN(C(=O)OC(C)(C)C)C(C=O)c1ccc(C(F)(F)F)nc1. The average Bonchev–Trinajstić information content (AvgIpc) is 2.37. The molecule has 0 saturated carbocycles. The second-order valence-electron chi connectivity index (χ2n) is 5.65. The molecule has 1 aromatic rings. The molecule has 1 amide bonds. The van der Waals surface area contributed by atoms with Crippen LogP contribution in [0.1, 0.15) is 38.1 Å². The quantitative estimate of drug-likeness (QED) is 0.803. The summed E-state index contributed by atoms with van der Waals surface area (Å²) in [6.45, 7) is 4.98. The Morgan fingerprint density at radius 2 is 1.91 bits per heavy atom. The van der Waals surface area contributed by atoms with E-state index in [1.165, 1.54) is 7.05 Å². The molecule has 1 unspecified atom stereocenters. The number of ether oxygens (including phenoxy) is 1. The summed E-state index contributed by atoms with van der Waals surface area (Å²) in [6.07, 6.45) is -3.96. The van der Waals surface area contributed by atoms with Crippen LogP contribution in [0.4, 0.5) is 18.0 Å². The van der Waals surface area contributed by atoms with E-state index in [0.29, 0.717) is 6.29 Å². The predicted molar refractivity (Wildman–Crippen MR) is 72.0 cm³/mol. The molecular formula is C14H17F3N2O3. The van der Waals surface area contributed by atoms with Gasteiger partial charge in [0.05, 0.1) is 0 Å². The van der Waals surface area contributed by atoms with Crippen molar-refractivity contribution in [1.29, 1.82) is 0 Å². The number of carbonyl (C=O) groups is 2.